The Morgan fingerprint density at radius 1 is 1.31 bits per heavy atom. The molecule has 0 amide bonds. The average Bonchev–Trinajstić information content (AvgIpc) is 2.53. The Labute approximate surface area is 79.6 Å². The summed E-state index contributed by atoms with van der Waals surface area (Å²) in [6.45, 7) is 0. The van der Waals surface area contributed by atoms with Gasteiger partial charge in [-0.05, 0) is 23.7 Å². The second-order valence-corrected chi connectivity index (χ2v) is 2.91. The Hall–Kier alpha value is -1.48. The van der Waals surface area contributed by atoms with Gasteiger partial charge in [0.2, 0.25) is 5.22 Å². The Balaban J connectivity index is 2.52. The normalized spacial score (nSPS) is 10.2. The van der Waals surface area contributed by atoms with Crippen LogP contribution in [0.25, 0.3) is 11.3 Å². The topological polar surface area (TPSA) is 46.3 Å². The number of halogens is 1. The SMILES string of the molecule is Oc1ccccc1-c1cc(Cl)on1. The number of aromatic nitrogens is 1. The minimum absolute atomic E-state index is 0.160. The van der Waals surface area contributed by atoms with E-state index >= 15 is 0 Å². The molecule has 0 aliphatic rings. The molecule has 4 heteroatoms. The van der Waals surface area contributed by atoms with Crippen LogP contribution < -0.4 is 0 Å². The zero-order chi connectivity index (χ0) is 9.26. The number of rotatable bonds is 1. The summed E-state index contributed by atoms with van der Waals surface area (Å²) >= 11 is 5.55. The van der Waals surface area contributed by atoms with Crippen LogP contribution in [-0.4, -0.2) is 10.3 Å². The summed E-state index contributed by atoms with van der Waals surface area (Å²) in [5.41, 5.74) is 1.14. The van der Waals surface area contributed by atoms with Crippen molar-refractivity contribution in [3.63, 3.8) is 0 Å². The summed E-state index contributed by atoms with van der Waals surface area (Å²) in [4.78, 5) is 0. The predicted molar refractivity (Wildman–Crippen MR) is 48.6 cm³/mol. The standard InChI is InChI=1S/C9H6ClNO2/c10-9-5-7(11-13-9)6-3-1-2-4-8(6)12/h1-5,12H. The molecule has 0 spiro atoms. The minimum atomic E-state index is 0.160. The maximum atomic E-state index is 9.45. The number of phenolic OH excluding ortho intramolecular Hbond substituents is 1. The summed E-state index contributed by atoms with van der Waals surface area (Å²) in [6.07, 6.45) is 0. The van der Waals surface area contributed by atoms with E-state index in [0.717, 1.165) is 0 Å². The van der Waals surface area contributed by atoms with Crippen molar-refractivity contribution in [1.29, 1.82) is 0 Å². The van der Waals surface area contributed by atoms with Crippen molar-refractivity contribution < 1.29 is 9.63 Å². The fourth-order valence-electron chi connectivity index (χ4n) is 1.07. The molecule has 66 valence electrons. The fourth-order valence-corrected chi connectivity index (χ4v) is 1.21. The molecule has 0 atom stereocenters. The molecule has 1 heterocycles. The fraction of sp³-hybridized carbons (Fsp3) is 0. The molecule has 2 rings (SSSR count). The molecule has 1 N–H and O–H groups in total. The second kappa shape index (κ2) is 3.11. The van der Waals surface area contributed by atoms with Crippen LogP contribution in [-0.2, 0) is 0 Å². The van der Waals surface area contributed by atoms with Crippen molar-refractivity contribution in [2.24, 2.45) is 0 Å². The van der Waals surface area contributed by atoms with E-state index in [2.05, 4.69) is 9.68 Å². The van der Waals surface area contributed by atoms with Crippen molar-refractivity contribution in [3.8, 4) is 17.0 Å². The molecule has 0 aliphatic carbocycles. The maximum absolute atomic E-state index is 9.45. The van der Waals surface area contributed by atoms with Gasteiger partial charge < -0.3 is 9.63 Å². The van der Waals surface area contributed by atoms with Gasteiger partial charge in [0.05, 0.1) is 0 Å². The van der Waals surface area contributed by atoms with Gasteiger partial charge in [0.15, 0.2) is 0 Å². The quantitative estimate of drug-likeness (QED) is 0.761. The van der Waals surface area contributed by atoms with Crippen LogP contribution in [0.15, 0.2) is 34.9 Å². The molecule has 0 radical (unpaired) electrons. The molecule has 2 aromatic rings. The van der Waals surface area contributed by atoms with E-state index in [1.165, 1.54) is 0 Å². The first-order valence-corrected chi connectivity index (χ1v) is 4.06. The van der Waals surface area contributed by atoms with Crippen molar-refractivity contribution in [1.82, 2.24) is 5.16 Å². The number of aromatic hydroxyl groups is 1. The van der Waals surface area contributed by atoms with Crippen LogP contribution in [0.4, 0.5) is 0 Å². The van der Waals surface area contributed by atoms with Gasteiger partial charge in [0.1, 0.15) is 11.4 Å². The zero-order valence-electron chi connectivity index (χ0n) is 6.57. The first kappa shape index (κ1) is 8.13. The van der Waals surface area contributed by atoms with Crippen molar-refractivity contribution in [3.05, 3.63) is 35.6 Å². The second-order valence-electron chi connectivity index (χ2n) is 2.53. The summed E-state index contributed by atoms with van der Waals surface area (Å²) < 4.78 is 4.68. The van der Waals surface area contributed by atoms with Gasteiger partial charge >= 0.3 is 0 Å². The highest BCUT2D eigenvalue weighted by atomic mass is 35.5. The van der Waals surface area contributed by atoms with Gasteiger partial charge in [-0.25, -0.2) is 0 Å². The van der Waals surface area contributed by atoms with Crippen molar-refractivity contribution in [2.45, 2.75) is 0 Å². The van der Waals surface area contributed by atoms with Crippen LogP contribution in [0.1, 0.15) is 0 Å². The molecule has 13 heavy (non-hydrogen) atoms. The largest absolute Gasteiger partial charge is 0.507 e. The van der Waals surface area contributed by atoms with Crippen LogP contribution in [0.5, 0.6) is 5.75 Å². The van der Waals surface area contributed by atoms with Gasteiger partial charge in [-0.2, -0.15) is 0 Å². The molecule has 0 unspecified atom stereocenters. The number of para-hydroxylation sites is 1. The number of hydrogen-bond acceptors (Lipinski definition) is 3. The van der Waals surface area contributed by atoms with Crippen LogP contribution in [0.2, 0.25) is 5.22 Å². The van der Waals surface area contributed by atoms with E-state index < -0.39 is 0 Å². The summed E-state index contributed by atoms with van der Waals surface area (Å²) in [5.74, 6) is 0.160. The Morgan fingerprint density at radius 2 is 2.08 bits per heavy atom. The molecule has 0 bridgehead atoms. The molecule has 1 aromatic carbocycles. The van der Waals surface area contributed by atoms with Crippen molar-refractivity contribution in [2.75, 3.05) is 0 Å². The summed E-state index contributed by atoms with van der Waals surface area (Å²) in [6, 6.07) is 8.41. The highest BCUT2D eigenvalue weighted by Crippen LogP contribution is 2.28. The molecule has 0 saturated carbocycles. The van der Waals surface area contributed by atoms with Gasteiger partial charge in [0, 0.05) is 11.6 Å². The van der Waals surface area contributed by atoms with E-state index in [1.807, 2.05) is 0 Å². The lowest BCUT2D eigenvalue weighted by molar-refractivity contribution is 0.423. The zero-order valence-corrected chi connectivity index (χ0v) is 7.32. The molecule has 1 aromatic heterocycles. The average molecular weight is 196 g/mol. The summed E-state index contributed by atoms with van der Waals surface area (Å²) in [5, 5.41) is 13.3. The van der Waals surface area contributed by atoms with Gasteiger partial charge in [-0.15, -0.1) is 0 Å². The lowest BCUT2D eigenvalue weighted by Crippen LogP contribution is -1.76. The lowest BCUT2D eigenvalue weighted by atomic mass is 10.1. The van der Waals surface area contributed by atoms with Crippen LogP contribution in [0.3, 0.4) is 0 Å². The van der Waals surface area contributed by atoms with E-state index in [9.17, 15) is 5.11 Å². The van der Waals surface area contributed by atoms with E-state index in [-0.39, 0.29) is 11.0 Å². The first-order chi connectivity index (χ1) is 6.27. The third-order valence-electron chi connectivity index (χ3n) is 1.66. The molecular weight excluding hydrogens is 190 g/mol. The highest BCUT2D eigenvalue weighted by Gasteiger charge is 2.07. The number of hydrogen-bond donors (Lipinski definition) is 1. The Kier molecular flexibility index (Phi) is 1.94. The molecule has 3 nitrogen and oxygen atoms in total. The Bertz CT molecular complexity index is 425. The molecular formula is C9H6ClNO2. The van der Waals surface area contributed by atoms with E-state index in [4.69, 9.17) is 11.6 Å². The number of phenols is 1. The lowest BCUT2D eigenvalue weighted by Gasteiger charge is -1.97. The Morgan fingerprint density at radius 3 is 2.69 bits per heavy atom. The smallest absolute Gasteiger partial charge is 0.226 e. The van der Waals surface area contributed by atoms with Crippen molar-refractivity contribution >= 4 is 11.6 Å². The van der Waals surface area contributed by atoms with Gasteiger partial charge in [-0.3, -0.25) is 0 Å². The first-order valence-electron chi connectivity index (χ1n) is 3.68. The van der Waals surface area contributed by atoms with Gasteiger partial charge in [0.25, 0.3) is 0 Å². The van der Waals surface area contributed by atoms with E-state index in [1.54, 1.807) is 30.3 Å². The molecule has 0 fully saturated rings. The molecule has 0 aliphatic heterocycles. The van der Waals surface area contributed by atoms with E-state index in [0.29, 0.717) is 11.3 Å². The maximum Gasteiger partial charge on any atom is 0.226 e. The summed E-state index contributed by atoms with van der Waals surface area (Å²) in [7, 11) is 0. The number of nitrogens with zero attached hydrogens (tertiary/aromatic N) is 1. The monoisotopic (exact) mass is 195 g/mol. The predicted octanol–water partition coefficient (Wildman–Crippen LogP) is 2.70. The number of benzene rings is 1. The third kappa shape index (κ3) is 1.51. The van der Waals surface area contributed by atoms with Crippen LogP contribution in [0, 0.1) is 0 Å². The van der Waals surface area contributed by atoms with Crippen LogP contribution >= 0.6 is 11.6 Å². The minimum Gasteiger partial charge on any atom is -0.507 e. The third-order valence-corrected chi connectivity index (χ3v) is 1.84. The highest BCUT2D eigenvalue weighted by molar-refractivity contribution is 6.29. The van der Waals surface area contributed by atoms with Gasteiger partial charge in [-0.1, -0.05) is 17.3 Å². The molecule has 0 saturated heterocycles.